The highest BCUT2D eigenvalue weighted by Gasteiger charge is 2.20. The van der Waals surface area contributed by atoms with E-state index in [0.717, 1.165) is 0 Å². The third kappa shape index (κ3) is 7.72. The molecular formula is F2O5S2. The minimum atomic E-state index is -5.74. The van der Waals surface area contributed by atoms with E-state index in [1.165, 1.54) is 0 Å². The van der Waals surface area contributed by atoms with E-state index >= 15 is 0 Å². The van der Waals surface area contributed by atoms with Gasteiger partial charge in [0.15, 0.2) is 0 Å². The van der Waals surface area contributed by atoms with Crippen molar-refractivity contribution in [1.82, 2.24) is 0 Å². The summed E-state index contributed by atoms with van der Waals surface area (Å²) < 4.78 is 60.8. The van der Waals surface area contributed by atoms with Gasteiger partial charge in [-0.25, -0.2) is 0 Å². The Bertz CT molecular complexity index is 238. The van der Waals surface area contributed by atoms with Gasteiger partial charge in [0.1, 0.15) is 0 Å². The Hall–Kier alpha value is -0.280. The molecule has 0 aliphatic heterocycles. The van der Waals surface area contributed by atoms with Crippen molar-refractivity contribution in [2.24, 2.45) is 0 Å². The molecule has 0 aromatic carbocycles. The zero-order valence-electron chi connectivity index (χ0n) is 3.61. The molecule has 0 bridgehead atoms. The van der Waals surface area contributed by atoms with E-state index in [9.17, 15) is 7.77 Å². The molecule has 0 unspecified atom stereocenters. The molecule has 0 aromatic heterocycles. The van der Waals surface area contributed by atoms with Gasteiger partial charge in [0.2, 0.25) is 0 Å². The van der Waals surface area contributed by atoms with Crippen LogP contribution in [0.15, 0.2) is 0 Å². The molecule has 0 saturated carbocycles. The Balaban J connectivity index is 4.46. The second kappa shape index (κ2) is 2.15. The van der Waals surface area contributed by atoms with Crippen LogP contribution in [0.3, 0.4) is 0 Å². The molecule has 0 aromatic rings. The fourth-order valence-electron chi connectivity index (χ4n) is 0.0971. The predicted octanol–water partition coefficient (Wildman–Crippen LogP) is -0.568. The number of halogens is 2. The molecular weight excluding hydrogens is 182 g/mol. The van der Waals surface area contributed by atoms with Crippen LogP contribution in [0.2, 0.25) is 0 Å². The van der Waals surface area contributed by atoms with E-state index in [1.54, 1.807) is 0 Å². The first-order valence-electron chi connectivity index (χ1n) is 1.31. The van der Waals surface area contributed by atoms with Crippen molar-refractivity contribution < 1.29 is 28.2 Å². The first kappa shape index (κ1) is 8.72. The number of hydrogen-bond donors (Lipinski definition) is 0. The second-order valence-electron chi connectivity index (χ2n) is 0.854. The van der Waals surface area contributed by atoms with Crippen molar-refractivity contribution in [3.05, 3.63) is 0 Å². The molecule has 9 heavy (non-hydrogen) atoms. The van der Waals surface area contributed by atoms with Crippen molar-refractivity contribution in [2.75, 3.05) is 0 Å². The van der Waals surface area contributed by atoms with Gasteiger partial charge >= 0.3 is 21.0 Å². The molecule has 0 radical (unpaired) electrons. The van der Waals surface area contributed by atoms with Crippen molar-refractivity contribution >= 4 is 21.0 Å². The van der Waals surface area contributed by atoms with Crippen LogP contribution in [0, 0.1) is 0 Å². The Morgan fingerprint density at radius 1 is 0.889 bits per heavy atom. The van der Waals surface area contributed by atoms with Gasteiger partial charge in [-0.05, 0) is 0 Å². The molecule has 0 aliphatic carbocycles. The average molecular weight is 182 g/mol. The highest BCUT2D eigenvalue weighted by molar-refractivity contribution is 7.94. The molecule has 0 amide bonds. The van der Waals surface area contributed by atoms with Crippen molar-refractivity contribution in [3.8, 4) is 0 Å². The van der Waals surface area contributed by atoms with E-state index in [1.807, 2.05) is 0 Å². The lowest BCUT2D eigenvalue weighted by molar-refractivity contribution is 0.403. The molecule has 0 spiro atoms. The summed E-state index contributed by atoms with van der Waals surface area (Å²) in [6, 6.07) is 0. The molecule has 0 N–H and O–H groups in total. The maximum Gasteiger partial charge on any atom is 0.454 e. The lowest BCUT2D eigenvalue weighted by Gasteiger charge is -1.84. The van der Waals surface area contributed by atoms with Gasteiger partial charge < -0.3 is 0 Å². The van der Waals surface area contributed by atoms with Crippen molar-refractivity contribution in [2.45, 2.75) is 0 Å². The molecule has 0 saturated heterocycles. The summed E-state index contributed by atoms with van der Waals surface area (Å²) in [5, 5.41) is 0. The van der Waals surface area contributed by atoms with Gasteiger partial charge in [-0.15, -0.1) is 0 Å². The molecule has 0 atom stereocenters. The molecule has 0 heterocycles. The van der Waals surface area contributed by atoms with Crippen LogP contribution in [-0.2, 0) is 24.6 Å². The molecule has 0 fully saturated rings. The van der Waals surface area contributed by atoms with Crippen LogP contribution in [0.25, 0.3) is 0 Å². The Kier molecular flexibility index (Phi) is 2.09. The fourth-order valence-corrected chi connectivity index (χ4v) is 0.874. The van der Waals surface area contributed by atoms with Crippen LogP contribution in [0.1, 0.15) is 0 Å². The topological polar surface area (TPSA) is 77.5 Å². The lowest BCUT2D eigenvalue weighted by atomic mass is 15.8. The van der Waals surface area contributed by atoms with Crippen LogP contribution >= 0.6 is 0 Å². The molecule has 0 rings (SSSR count). The van der Waals surface area contributed by atoms with Crippen LogP contribution in [0.5, 0.6) is 0 Å². The smallest absolute Gasteiger partial charge is 0.163 e. The van der Waals surface area contributed by atoms with E-state index < -0.39 is 21.0 Å². The third-order valence-electron chi connectivity index (χ3n) is 0.163. The van der Waals surface area contributed by atoms with Crippen LogP contribution in [0.4, 0.5) is 7.77 Å². The fraction of sp³-hybridized carbons (Fsp3) is 0. The Morgan fingerprint density at radius 2 is 1.11 bits per heavy atom. The minimum absolute atomic E-state index is 2.24. The summed E-state index contributed by atoms with van der Waals surface area (Å²) in [5.74, 6) is 0. The van der Waals surface area contributed by atoms with Crippen molar-refractivity contribution in [1.29, 1.82) is 0 Å². The van der Waals surface area contributed by atoms with Gasteiger partial charge in [0.05, 0.1) is 0 Å². The monoisotopic (exact) mass is 182 g/mol. The van der Waals surface area contributed by atoms with Gasteiger partial charge in [-0.3, -0.25) is 0 Å². The summed E-state index contributed by atoms with van der Waals surface area (Å²) >= 11 is 0. The summed E-state index contributed by atoms with van der Waals surface area (Å²) in [4.78, 5) is 0. The normalized spacial score (nSPS) is 13.6. The van der Waals surface area contributed by atoms with Crippen molar-refractivity contribution in [3.63, 3.8) is 0 Å². The zero-order chi connectivity index (χ0) is 7.71. The summed E-state index contributed by atoms with van der Waals surface area (Å²) in [7, 11) is -11.5. The highest BCUT2D eigenvalue weighted by Crippen LogP contribution is 2.02. The average Bonchev–Trinajstić information content (AvgIpc) is 1.14. The predicted molar refractivity (Wildman–Crippen MR) is 21.1 cm³/mol. The first-order valence-corrected chi connectivity index (χ1v) is 3.93. The van der Waals surface area contributed by atoms with Crippen LogP contribution in [-0.4, -0.2) is 16.8 Å². The van der Waals surface area contributed by atoms with Crippen LogP contribution < -0.4 is 0 Å². The standard InChI is InChI=1S/F2O5S2/c1-8(3,4)7-9(2,5)6. The number of rotatable bonds is 2. The summed E-state index contributed by atoms with van der Waals surface area (Å²) in [6.07, 6.45) is 0. The van der Waals surface area contributed by atoms with E-state index in [4.69, 9.17) is 16.8 Å². The SMILES string of the molecule is O=S(=O)(F)OS(=O)(=O)F. The maximum atomic E-state index is 11.0. The minimum Gasteiger partial charge on any atom is -0.163 e. The lowest BCUT2D eigenvalue weighted by Crippen LogP contribution is -2.02. The number of hydrogen-bond acceptors (Lipinski definition) is 5. The maximum absolute atomic E-state index is 11.0. The third-order valence-corrected chi connectivity index (χ3v) is 1.46. The summed E-state index contributed by atoms with van der Waals surface area (Å²) in [6.45, 7) is 0. The first-order chi connectivity index (χ1) is 3.71. The highest BCUT2D eigenvalue weighted by atomic mass is 32.3. The Morgan fingerprint density at radius 3 is 1.11 bits per heavy atom. The zero-order valence-corrected chi connectivity index (χ0v) is 5.25. The quantitative estimate of drug-likeness (QED) is 0.534. The largest absolute Gasteiger partial charge is 0.454 e. The Labute approximate surface area is 50.1 Å². The second-order valence-corrected chi connectivity index (χ2v) is 2.97. The molecule has 56 valence electrons. The van der Waals surface area contributed by atoms with Gasteiger partial charge in [-0.2, -0.15) is 16.8 Å². The molecule has 0 aliphatic rings. The summed E-state index contributed by atoms with van der Waals surface area (Å²) in [5.41, 5.74) is 0. The van der Waals surface area contributed by atoms with Gasteiger partial charge in [0, 0.05) is 0 Å². The van der Waals surface area contributed by atoms with E-state index in [0.29, 0.717) is 0 Å². The van der Waals surface area contributed by atoms with Gasteiger partial charge in [0.25, 0.3) is 0 Å². The van der Waals surface area contributed by atoms with Gasteiger partial charge in [-0.1, -0.05) is 11.4 Å². The molecule has 9 heteroatoms. The molecule has 5 nitrogen and oxygen atoms in total. The van der Waals surface area contributed by atoms with E-state index in [2.05, 4.69) is 3.63 Å². The van der Waals surface area contributed by atoms with E-state index in [-0.39, 0.29) is 0 Å².